The average Bonchev–Trinajstić information content (AvgIpc) is 3.20. The number of amides is 1. The number of hydrogen-bond acceptors (Lipinski definition) is 2. The van der Waals surface area contributed by atoms with Crippen molar-refractivity contribution in [3.8, 4) is 6.07 Å². The predicted octanol–water partition coefficient (Wildman–Crippen LogP) is 3.01. The van der Waals surface area contributed by atoms with E-state index < -0.39 is 0 Å². The van der Waals surface area contributed by atoms with Crippen LogP contribution in [-0.4, -0.2) is 11.9 Å². The van der Waals surface area contributed by atoms with Crippen molar-refractivity contribution in [1.29, 1.82) is 5.26 Å². The minimum absolute atomic E-state index is 0.175. The molecule has 0 radical (unpaired) electrons. The van der Waals surface area contributed by atoms with Crippen molar-refractivity contribution >= 4 is 5.91 Å². The zero-order valence-electron chi connectivity index (χ0n) is 11.6. The Labute approximate surface area is 115 Å². The number of hydrogen-bond donors (Lipinski definition) is 1. The third-order valence-electron chi connectivity index (χ3n) is 5.52. The molecule has 0 spiro atoms. The molecule has 19 heavy (non-hydrogen) atoms. The summed E-state index contributed by atoms with van der Waals surface area (Å²) < 4.78 is 0. The molecule has 1 amide bonds. The number of nitrogens with one attached hydrogen (secondary N) is 1. The SMILES string of the molecule is N#CC(NC(=O)C1C2CCCCC21)C1CCCCC1. The van der Waals surface area contributed by atoms with Crippen molar-refractivity contribution in [1.82, 2.24) is 5.32 Å². The second-order valence-electron chi connectivity index (χ2n) is 6.65. The Morgan fingerprint density at radius 1 is 1.00 bits per heavy atom. The molecule has 104 valence electrons. The summed E-state index contributed by atoms with van der Waals surface area (Å²) in [7, 11) is 0. The van der Waals surface area contributed by atoms with Gasteiger partial charge in [-0.1, -0.05) is 32.1 Å². The first-order valence-electron chi connectivity index (χ1n) is 8.01. The van der Waals surface area contributed by atoms with Gasteiger partial charge in [0.1, 0.15) is 6.04 Å². The van der Waals surface area contributed by atoms with E-state index in [4.69, 9.17) is 0 Å². The van der Waals surface area contributed by atoms with Gasteiger partial charge in [0.05, 0.1) is 6.07 Å². The quantitative estimate of drug-likeness (QED) is 0.848. The summed E-state index contributed by atoms with van der Waals surface area (Å²) in [6, 6.07) is 2.09. The third kappa shape index (κ3) is 2.63. The van der Waals surface area contributed by atoms with Gasteiger partial charge in [-0.15, -0.1) is 0 Å². The molecule has 0 saturated heterocycles. The van der Waals surface area contributed by atoms with Gasteiger partial charge < -0.3 is 5.32 Å². The fraction of sp³-hybridized carbons (Fsp3) is 0.875. The van der Waals surface area contributed by atoms with E-state index in [-0.39, 0.29) is 17.9 Å². The number of nitriles is 1. The Morgan fingerprint density at radius 2 is 1.58 bits per heavy atom. The molecule has 0 aromatic rings. The second kappa shape index (κ2) is 5.53. The standard InChI is InChI=1S/C16H24N2O/c17-10-14(11-6-2-1-3-7-11)18-16(19)15-12-8-4-5-9-13(12)15/h11-15H,1-9H2,(H,18,19). The Balaban J connectivity index is 1.54. The largest absolute Gasteiger partial charge is 0.340 e. The van der Waals surface area contributed by atoms with Crippen LogP contribution in [0.25, 0.3) is 0 Å². The van der Waals surface area contributed by atoms with Crippen molar-refractivity contribution in [2.24, 2.45) is 23.7 Å². The van der Waals surface area contributed by atoms with Crippen LogP contribution in [0.1, 0.15) is 57.8 Å². The average molecular weight is 260 g/mol. The molecular formula is C16H24N2O. The van der Waals surface area contributed by atoms with Gasteiger partial charge in [0, 0.05) is 5.92 Å². The van der Waals surface area contributed by atoms with Gasteiger partial charge >= 0.3 is 0 Å². The van der Waals surface area contributed by atoms with E-state index in [1.807, 2.05) is 0 Å². The first-order valence-corrected chi connectivity index (χ1v) is 8.01. The minimum Gasteiger partial charge on any atom is -0.340 e. The molecule has 1 N–H and O–H groups in total. The maximum Gasteiger partial charge on any atom is 0.224 e. The summed E-state index contributed by atoms with van der Waals surface area (Å²) in [6.45, 7) is 0. The molecule has 3 aliphatic rings. The summed E-state index contributed by atoms with van der Waals surface area (Å²) in [5.41, 5.74) is 0. The predicted molar refractivity (Wildman–Crippen MR) is 73.1 cm³/mol. The zero-order chi connectivity index (χ0) is 13.2. The number of fused-ring (bicyclic) bond motifs is 1. The Morgan fingerprint density at radius 3 is 2.16 bits per heavy atom. The Hall–Kier alpha value is -1.04. The summed E-state index contributed by atoms with van der Waals surface area (Å²) in [4.78, 5) is 12.3. The van der Waals surface area contributed by atoms with Crippen LogP contribution < -0.4 is 5.32 Å². The van der Waals surface area contributed by atoms with Crippen molar-refractivity contribution in [3.63, 3.8) is 0 Å². The molecule has 3 unspecified atom stereocenters. The van der Waals surface area contributed by atoms with E-state index in [0.29, 0.717) is 17.8 Å². The first kappa shape index (κ1) is 13.0. The van der Waals surface area contributed by atoms with E-state index in [1.54, 1.807) is 0 Å². The van der Waals surface area contributed by atoms with Crippen molar-refractivity contribution in [3.05, 3.63) is 0 Å². The van der Waals surface area contributed by atoms with Crippen molar-refractivity contribution < 1.29 is 4.79 Å². The van der Waals surface area contributed by atoms with Crippen LogP contribution in [0.4, 0.5) is 0 Å². The normalized spacial score (nSPS) is 35.8. The summed E-state index contributed by atoms with van der Waals surface area (Å²) >= 11 is 0. The molecular weight excluding hydrogens is 236 g/mol. The van der Waals surface area contributed by atoms with Gasteiger partial charge in [-0.2, -0.15) is 5.26 Å². The van der Waals surface area contributed by atoms with Gasteiger partial charge in [0.2, 0.25) is 5.91 Å². The molecule has 3 heteroatoms. The van der Waals surface area contributed by atoms with Crippen LogP contribution in [0.5, 0.6) is 0 Å². The highest BCUT2D eigenvalue weighted by Gasteiger charge is 2.55. The van der Waals surface area contributed by atoms with Crippen LogP contribution in [0, 0.1) is 35.0 Å². The summed E-state index contributed by atoms with van der Waals surface area (Å²) in [5, 5.41) is 12.4. The molecule has 3 nitrogen and oxygen atoms in total. The van der Waals surface area contributed by atoms with Crippen LogP contribution >= 0.6 is 0 Å². The van der Waals surface area contributed by atoms with Crippen LogP contribution in [0.15, 0.2) is 0 Å². The van der Waals surface area contributed by atoms with Crippen LogP contribution in [-0.2, 0) is 4.79 Å². The van der Waals surface area contributed by atoms with E-state index in [9.17, 15) is 10.1 Å². The molecule has 0 heterocycles. The van der Waals surface area contributed by atoms with Crippen molar-refractivity contribution in [2.75, 3.05) is 0 Å². The maximum atomic E-state index is 12.3. The van der Waals surface area contributed by atoms with E-state index >= 15 is 0 Å². The minimum atomic E-state index is -0.240. The highest BCUT2D eigenvalue weighted by molar-refractivity contribution is 5.82. The molecule has 0 bridgehead atoms. The highest BCUT2D eigenvalue weighted by atomic mass is 16.2. The maximum absolute atomic E-state index is 12.3. The fourth-order valence-corrected chi connectivity index (χ4v) is 4.35. The first-order chi connectivity index (χ1) is 9.31. The molecule has 3 rings (SSSR count). The Kier molecular flexibility index (Phi) is 3.77. The lowest BCUT2D eigenvalue weighted by Crippen LogP contribution is -2.41. The number of carbonyl (C=O) groups is 1. The van der Waals surface area contributed by atoms with Gasteiger partial charge in [-0.3, -0.25) is 4.79 Å². The zero-order valence-corrected chi connectivity index (χ0v) is 11.6. The summed E-state index contributed by atoms with van der Waals surface area (Å²) in [6.07, 6.45) is 11.0. The molecule has 3 saturated carbocycles. The molecule has 3 fully saturated rings. The van der Waals surface area contributed by atoms with Gasteiger partial charge in [0.25, 0.3) is 0 Å². The number of nitrogens with zero attached hydrogens (tertiary/aromatic N) is 1. The Bertz CT molecular complexity index is 369. The van der Waals surface area contributed by atoms with Gasteiger partial charge in [-0.05, 0) is 43.4 Å². The summed E-state index contributed by atoms with van der Waals surface area (Å²) in [5.74, 6) is 2.08. The molecule has 3 aliphatic carbocycles. The number of carbonyl (C=O) groups excluding carboxylic acids is 1. The monoisotopic (exact) mass is 260 g/mol. The van der Waals surface area contributed by atoms with Crippen LogP contribution in [0.3, 0.4) is 0 Å². The fourth-order valence-electron chi connectivity index (χ4n) is 4.35. The lowest BCUT2D eigenvalue weighted by atomic mass is 9.84. The lowest BCUT2D eigenvalue weighted by Gasteiger charge is -2.26. The topological polar surface area (TPSA) is 52.9 Å². The second-order valence-corrected chi connectivity index (χ2v) is 6.65. The van der Waals surface area contributed by atoms with Gasteiger partial charge in [0.15, 0.2) is 0 Å². The molecule has 0 aromatic heterocycles. The van der Waals surface area contributed by atoms with Gasteiger partial charge in [-0.25, -0.2) is 0 Å². The van der Waals surface area contributed by atoms with Crippen molar-refractivity contribution in [2.45, 2.75) is 63.8 Å². The third-order valence-corrected chi connectivity index (χ3v) is 5.52. The van der Waals surface area contributed by atoms with E-state index in [0.717, 1.165) is 12.8 Å². The molecule has 0 aliphatic heterocycles. The number of rotatable bonds is 3. The smallest absolute Gasteiger partial charge is 0.224 e. The van der Waals surface area contributed by atoms with Crippen LogP contribution in [0.2, 0.25) is 0 Å². The molecule has 0 aromatic carbocycles. The highest BCUT2D eigenvalue weighted by Crippen LogP contribution is 2.55. The lowest BCUT2D eigenvalue weighted by molar-refractivity contribution is -0.123. The molecule has 3 atom stereocenters. The van der Waals surface area contributed by atoms with E-state index in [2.05, 4.69) is 11.4 Å². The van der Waals surface area contributed by atoms with E-state index in [1.165, 1.54) is 44.9 Å².